The fraction of sp³-hybridized carbons (Fsp3) is 0.900. The molecular weight excluding hydrogens is 180 g/mol. The van der Waals surface area contributed by atoms with E-state index in [1.54, 1.807) is 0 Å². The second-order valence-electron chi connectivity index (χ2n) is 3.98. The van der Waals surface area contributed by atoms with Crippen LogP contribution in [0.15, 0.2) is 0 Å². The Morgan fingerprint density at radius 1 is 1.36 bits per heavy atom. The number of hydrogen-bond donors (Lipinski definition) is 2. The molecule has 0 bridgehead atoms. The molecule has 3 N–H and O–H groups in total. The van der Waals surface area contributed by atoms with E-state index in [1.165, 1.54) is 0 Å². The van der Waals surface area contributed by atoms with E-state index in [1.807, 2.05) is 27.7 Å². The second-order valence-corrected chi connectivity index (χ2v) is 3.98. The molecule has 4 nitrogen and oxygen atoms in total. The average molecular weight is 202 g/mol. The van der Waals surface area contributed by atoms with Crippen LogP contribution in [0.25, 0.3) is 0 Å². The Hall–Kier alpha value is -0.610. The van der Waals surface area contributed by atoms with E-state index < -0.39 is 6.04 Å². The van der Waals surface area contributed by atoms with Crippen LogP contribution in [0.2, 0.25) is 0 Å². The summed E-state index contributed by atoms with van der Waals surface area (Å²) in [5, 5.41) is 2.73. The Bertz CT molecular complexity index is 170. The minimum Gasteiger partial charge on any atom is -0.377 e. The fourth-order valence-electron chi connectivity index (χ4n) is 0.889. The Balaban J connectivity index is 3.54. The highest BCUT2D eigenvalue weighted by molar-refractivity contribution is 5.81. The summed E-state index contributed by atoms with van der Waals surface area (Å²) in [5.41, 5.74) is 5.65. The molecule has 0 aromatic rings. The third kappa shape index (κ3) is 5.94. The van der Waals surface area contributed by atoms with Crippen molar-refractivity contribution in [3.05, 3.63) is 0 Å². The molecule has 0 aromatic carbocycles. The summed E-state index contributed by atoms with van der Waals surface area (Å²) < 4.78 is 5.28. The molecule has 0 aliphatic carbocycles. The van der Waals surface area contributed by atoms with Crippen LogP contribution in [-0.2, 0) is 9.53 Å². The number of nitrogens with one attached hydrogen (secondary N) is 1. The molecule has 0 radical (unpaired) electrons. The molecule has 4 heteroatoms. The zero-order valence-electron chi connectivity index (χ0n) is 9.54. The fourth-order valence-corrected chi connectivity index (χ4v) is 0.889. The summed E-state index contributed by atoms with van der Waals surface area (Å²) in [6, 6.07) is -0.422. The van der Waals surface area contributed by atoms with Gasteiger partial charge in [0.1, 0.15) is 0 Å². The maximum absolute atomic E-state index is 11.3. The highest BCUT2D eigenvalue weighted by atomic mass is 16.5. The van der Waals surface area contributed by atoms with Gasteiger partial charge >= 0.3 is 0 Å². The van der Waals surface area contributed by atoms with Gasteiger partial charge in [-0.3, -0.25) is 4.79 Å². The quantitative estimate of drug-likeness (QED) is 0.617. The van der Waals surface area contributed by atoms with Gasteiger partial charge < -0.3 is 15.8 Å². The molecule has 0 saturated carbocycles. The maximum atomic E-state index is 11.3. The molecule has 0 saturated heterocycles. The van der Waals surface area contributed by atoms with Crippen LogP contribution in [0.3, 0.4) is 0 Å². The molecule has 0 fully saturated rings. The van der Waals surface area contributed by atoms with Gasteiger partial charge in [-0.2, -0.15) is 0 Å². The van der Waals surface area contributed by atoms with Crippen molar-refractivity contribution in [3.8, 4) is 0 Å². The van der Waals surface area contributed by atoms with Crippen molar-refractivity contribution >= 4 is 5.91 Å². The van der Waals surface area contributed by atoms with Gasteiger partial charge in [0, 0.05) is 6.54 Å². The van der Waals surface area contributed by atoms with Crippen molar-refractivity contribution in [2.75, 3.05) is 13.2 Å². The Labute approximate surface area is 86.2 Å². The summed E-state index contributed by atoms with van der Waals surface area (Å²) in [5.74, 6) is 0.0633. The number of carbonyl (C=O) groups is 1. The van der Waals surface area contributed by atoms with Crippen molar-refractivity contribution in [2.24, 2.45) is 11.7 Å². The lowest BCUT2D eigenvalue weighted by Gasteiger charge is -2.15. The third-order valence-corrected chi connectivity index (χ3v) is 1.87. The molecule has 14 heavy (non-hydrogen) atoms. The molecule has 0 aliphatic heterocycles. The molecule has 0 aromatic heterocycles. The molecule has 0 spiro atoms. The first-order valence-corrected chi connectivity index (χ1v) is 5.10. The predicted molar refractivity (Wildman–Crippen MR) is 56.9 cm³/mol. The van der Waals surface area contributed by atoms with Gasteiger partial charge in [-0.25, -0.2) is 0 Å². The van der Waals surface area contributed by atoms with Crippen molar-refractivity contribution < 1.29 is 9.53 Å². The molecule has 84 valence electrons. The van der Waals surface area contributed by atoms with Crippen molar-refractivity contribution in [1.29, 1.82) is 0 Å². The minimum atomic E-state index is -0.422. The third-order valence-electron chi connectivity index (χ3n) is 1.87. The van der Waals surface area contributed by atoms with Gasteiger partial charge in [0.05, 0.1) is 18.8 Å². The van der Waals surface area contributed by atoms with E-state index >= 15 is 0 Å². The first-order valence-electron chi connectivity index (χ1n) is 5.10. The van der Waals surface area contributed by atoms with E-state index in [0.29, 0.717) is 13.2 Å². The van der Waals surface area contributed by atoms with E-state index in [9.17, 15) is 4.79 Å². The Kier molecular flexibility index (Phi) is 6.49. The first-order chi connectivity index (χ1) is 6.45. The van der Waals surface area contributed by atoms with Crippen LogP contribution >= 0.6 is 0 Å². The standard InChI is InChI=1S/C10H22N2O2/c1-7(2)9(11)10(13)12-5-6-14-8(3)4/h7-9H,5-6,11H2,1-4H3,(H,12,13)/t9-/m1/s1. The van der Waals surface area contributed by atoms with Crippen molar-refractivity contribution in [2.45, 2.75) is 39.8 Å². The lowest BCUT2D eigenvalue weighted by molar-refractivity contribution is -0.123. The number of nitrogens with two attached hydrogens (primary N) is 1. The van der Waals surface area contributed by atoms with Gasteiger partial charge in [0.25, 0.3) is 0 Å². The van der Waals surface area contributed by atoms with Crippen LogP contribution < -0.4 is 11.1 Å². The van der Waals surface area contributed by atoms with Crippen LogP contribution in [-0.4, -0.2) is 31.2 Å². The van der Waals surface area contributed by atoms with Crippen molar-refractivity contribution in [1.82, 2.24) is 5.32 Å². The second kappa shape index (κ2) is 6.79. The van der Waals surface area contributed by atoms with Crippen molar-refractivity contribution in [3.63, 3.8) is 0 Å². The molecule has 0 unspecified atom stereocenters. The summed E-state index contributed by atoms with van der Waals surface area (Å²) in [7, 11) is 0. The highest BCUT2D eigenvalue weighted by Gasteiger charge is 2.15. The van der Waals surface area contributed by atoms with Crippen LogP contribution in [0.5, 0.6) is 0 Å². The number of carbonyl (C=O) groups excluding carboxylic acids is 1. The molecule has 0 rings (SSSR count). The number of hydrogen-bond acceptors (Lipinski definition) is 3. The smallest absolute Gasteiger partial charge is 0.237 e. The van der Waals surface area contributed by atoms with Gasteiger partial charge in [0.2, 0.25) is 5.91 Å². The maximum Gasteiger partial charge on any atom is 0.237 e. The molecule has 1 amide bonds. The Morgan fingerprint density at radius 3 is 2.36 bits per heavy atom. The van der Waals surface area contributed by atoms with Gasteiger partial charge in [0.15, 0.2) is 0 Å². The van der Waals surface area contributed by atoms with Crippen LogP contribution in [0, 0.1) is 5.92 Å². The minimum absolute atomic E-state index is 0.104. The molecular formula is C10H22N2O2. The van der Waals surface area contributed by atoms with E-state index in [4.69, 9.17) is 10.5 Å². The summed E-state index contributed by atoms with van der Waals surface area (Å²) in [4.78, 5) is 11.3. The normalized spacial score (nSPS) is 13.4. The van der Waals surface area contributed by atoms with Gasteiger partial charge in [-0.1, -0.05) is 13.8 Å². The lowest BCUT2D eigenvalue weighted by atomic mass is 10.1. The molecule has 0 aliphatic rings. The SMILES string of the molecule is CC(C)OCCNC(=O)[C@H](N)C(C)C. The monoisotopic (exact) mass is 202 g/mol. The van der Waals surface area contributed by atoms with Gasteiger partial charge in [-0.15, -0.1) is 0 Å². The summed E-state index contributed by atoms with van der Waals surface area (Å²) >= 11 is 0. The highest BCUT2D eigenvalue weighted by Crippen LogP contribution is 1.97. The largest absolute Gasteiger partial charge is 0.377 e. The van der Waals surface area contributed by atoms with E-state index in [2.05, 4.69) is 5.32 Å². The summed E-state index contributed by atoms with van der Waals surface area (Å²) in [6.45, 7) is 8.83. The molecule has 1 atom stereocenters. The topological polar surface area (TPSA) is 64.3 Å². The summed E-state index contributed by atoms with van der Waals surface area (Å²) in [6.07, 6.45) is 0.200. The number of ether oxygens (including phenoxy) is 1. The van der Waals surface area contributed by atoms with Crippen LogP contribution in [0.4, 0.5) is 0 Å². The van der Waals surface area contributed by atoms with E-state index in [-0.39, 0.29) is 17.9 Å². The number of rotatable bonds is 6. The zero-order chi connectivity index (χ0) is 11.1. The first kappa shape index (κ1) is 13.4. The zero-order valence-corrected chi connectivity index (χ0v) is 9.54. The predicted octanol–water partition coefficient (Wildman–Crippen LogP) is 0.511. The average Bonchev–Trinajstić information content (AvgIpc) is 2.10. The molecule has 0 heterocycles. The number of amides is 1. The Morgan fingerprint density at radius 2 is 1.93 bits per heavy atom. The van der Waals surface area contributed by atoms with Crippen LogP contribution in [0.1, 0.15) is 27.7 Å². The lowest BCUT2D eigenvalue weighted by Crippen LogP contribution is -2.44. The van der Waals surface area contributed by atoms with E-state index in [0.717, 1.165) is 0 Å². The van der Waals surface area contributed by atoms with Gasteiger partial charge in [-0.05, 0) is 19.8 Å².